The van der Waals surface area contributed by atoms with E-state index in [9.17, 15) is 9.90 Å². The molecule has 0 spiro atoms. The van der Waals surface area contributed by atoms with Crippen molar-refractivity contribution in [1.82, 2.24) is 4.90 Å². The van der Waals surface area contributed by atoms with Crippen molar-refractivity contribution in [1.29, 1.82) is 0 Å². The Bertz CT molecular complexity index is 484. The SMILES string of the molecule is C/C(=C/Cl)CN1Cc2ccccc2C(C(=O)O)C1. The Balaban J connectivity index is 2.26. The number of nitrogens with zero attached hydrogens (tertiary/aromatic N) is 1. The van der Waals surface area contributed by atoms with Crippen LogP contribution in [0.1, 0.15) is 24.0 Å². The lowest BCUT2D eigenvalue weighted by atomic mass is 9.89. The van der Waals surface area contributed by atoms with Gasteiger partial charge >= 0.3 is 5.97 Å². The van der Waals surface area contributed by atoms with Crippen molar-refractivity contribution in [2.24, 2.45) is 0 Å². The molecule has 0 radical (unpaired) electrons. The molecule has 1 aliphatic heterocycles. The number of carboxylic acids is 1. The molecular formula is C14H16ClNO2. The number of halogens is 1. The van der Waals surface area contributed by atoms with Crippen LogP contribution in [-0.4, -0.2) is 29.1 Å². The van der Waals surface area contributed by atoms with Crippen molar-refractivity contribution in [3.05, 3.63) is 46.5 Å². The Hall–Kier alpha value is -1.32. The molecule has 0 bridgehead atoms. The van der Waals surface area contributed by atoms with Crippen LogP contribution in [0.15, 0.2) is 35.4 Å². The van der Waals surface area contributed by atoms with Gasteiger partial charge in [-0.05, 0) is 23.6 Å². The molecule has 1 aliphatic rings. The van der Waals surface area contributed by atoms with Gasteiger partial charge in [0.25, 0.3) is 0 Å². The molecule has 1 atom stereocenters. The lowest BCUT2D eigenvalue weighted by Gasteiger charge is -2.32. The number of carboxylic acid groups (broad SMARTS) is 1. The number of hydrogen-bond donors (Lipinski definition) is 1. The highest BCUT2D eigenvalue weighted by Crippen LogP contribution is 2.28. The van der Waals surface area contributed by atoms with Gasteiger partial charge in [0, 0.05) is 25.2 Å². The van der Waals surface area contributed by atoms with Gasteiger partial charge in [-0.3, -0.25) is 9.69 Å². The van der Waals surface area contributed by atoms with Gasteiger partial charge in [0.2, 0.25) is 0 Å². The van der Waals surface area contributed by atoms with Crippen molar-refractivity contribution in [3.8, 4) is 0 Å². The lowest BCUT2D eigenvalue weighted by molar-refractivity contribution is -0.139. The molecule has 1 heterocycles. The van der Waals surface area contributed by atoms with E-state index < -0.39 is 11.9 Å². The summed E-state index contributed by atoms with van der Waals surface area (Å²) >= 11 is 5.67. The van der Waals surface area contributed by atoms with Crippen LogP contribution in [0.25, 0.3) is 0 Å². The minimum Gasteiger partial charge on any atom is -0.481 e. The van der Waals surface area contributed by atoms with E-state index >= 15 is 0 Å². The zero-order chi connectivity index (χ0) is 13.1. The minimum absolute atomic E-state index is 0.446. The summed E-state index contributed by atoms with van der Waals surface area (Å²) < 4.78 is 0. The van der Waals surface area contributed by atoms with E-state index in [2.05, 4.69) is 4.90 Å². The molecule has 0 aliphatic carbocycles. The molecule has 0 saturated carbocycles. The summed E-state index contributed by atoms with van der Waals surface area (Å²) in [5.74, 6) is -1.21. The van der Waals surface area contributed by atoms with Gasteiger partial charge in [-0.1, -0.05) is 35.9 Å². The predicted molar refractivity (Wildman–Crippen MR) is 71.7 cm³/mol. The van der Waals surface area contributed by atoms with E-state index in [0.717, 1.165) is 23.2 Å². The highest BCUT2D eigenvalue weighted by Gasteiger charge is 2.29. The summed E-state index contributed by atoms with van der Waals surface area (Å²) in [5.41, 5.74) is 4.63. The first kappa shape index (κ1) is 13.1. The topological polar surface area (TPSA) is 40.5 Å². The van der Waals surface area contributed by atoms with Crippen molar-refractivity contribution in [3.63, 3.8) is 0 Å². The average Bonchev–Trinajstić information content (AvgIpc) is 2.37. The van der Waals surface area contributed by atoms with Crippen LogP contribution in [0.4, 0.5) is 0 Å². The van der Waals surface area contributed by atoms with Crippen LogP contribution in [0.2, 0.25) is 0 Å². The molecule has 4 heteroatoms. The monoisotopic (exact) mass is 265 g/mol. The van der Waals surface area contributed by atoms with Crippen molar-refractivity contribution in [2.75, 3.05) is 13.1 Å². The molecule has 2 rings (SSSR count). The van der Waals surface area contributed by atoms with E-state index in [-0.39, 0.29) is 0 Å². The van der Waals surface area contributed by atoms with Gasteiger partial charge in [0.1, 0.15) is 0 Å². The second-order valence-corrected chi connectivity index (χ2v) is 4.93. The smallest absolute Gasteiger partial charge is 0.312 e. The standard InChI is InChI=1S/C14H16ClNO2/c1-10(6-15)7-16-8-11-4-2-3-5-12(11)13(9-16)14(17)18/h2-6,13H,7-9H2,1H3,(H,17,18)/b10-6-. The maximum Gasteiger partial charge on any atom is 0.312 e. The molecule has 1 aromatic carbocycles. The third-order valence-electron chi connectivity index (χ3n) is 3.22. The van der Waals surface area contributed by atoms with E-state index in [0.29, 0.717) is 13.1 Å². The van der Waals surface area contributed by atoms with Gasteiger partial charge in [-0.25, -0.2) is 0 Å². The molecule has 0 saturated heterocycles. The van der Waals surface area contributed by atoms with Gasteiger partial charge in [-0.2, -0.15) is 0 Å². The van der Waals surface area contributed by atoms with E-state index in [1.165, 1.54) is 0 Å². The summed E-state index contributed by atoms with van der Waals surface area (Å²) in [6.07, 6.45) is 0. The summed E-state index contributed by atoms with van der Waals surface area (Å²) in [6, 6.07) is 7.76. The Kier molecular flexibility index (Phi) is 4.04. The summed E-state index contributed by atoms with van der Waals surface area (Å²) in [7, 11) is 0. The number of fused-ring (bicyclic) bond motifs is 1. The van der Waals surface area contributed by atoms with Crippen LogP contribution in [0.3, 0.4) is 0 Å². The maximum absolute atomic E-state index is 11.4. The maximum atomic E-state index is 11.4. The number of benzene rings is 1. The van der Waals surface area contributed by atoms with E-state index in [1.54, 1.807) is 5.54 Å². The van der Waals surface area contributed by atoms with Crippen molar-refractivity contribution >= 4 is 17.6 Å². The van der Waals surface area contributed by atoms with Crippen LogP contribution in [0.5, 0.6) is 0 Å². The van der Waals surface area contributed by atoms with Crippen molar-refractivity contribution < 1.29 is 9.90 Å². The van der Waals surface area contributed by atoms with Crippen LogP contribution in [0, 0.1) is 0 Å². The first-order chi connectivity index (χ1) is 8.61. The number of hydrogen-bond acceptors (Lipinski definition) is 2. The summed E-state index contributed by atoms with van der Waals surface area (Å²) in [5, 5.41) is 9.33. The Morgan fingerprint density at radius 3 is 2.94 bits per heavy atom. The highest BCUT2D eigenvalue weighted by atomic mass is 35.5. The molecule has 1 N–H and O–H groups in total. The molecule has 1 unspecified atom stereocenters. The minimum atomic E-state index is -0.764. The molecule has 0 fully saturated rings. The highest BCUT2D eigenvalue weighted by molar-refractivity contribution is 6.25. The average molecular weight is 266 g/mol. The largest absolute Gasteiger partial charge is 0.481 e. The first-order valence-electron chi connectivity index (χ1n) is 5.90. The second-order valence-electron chi connectivity index (χ2n) is 4.71. The molecule has 96 valence electrons. The fraction of sp³-hybridized carbons (Fsp3) is 0.357. The van der Waals surface area contributed by atoms with Crippen LogP contribution in [-0.2, 0) is 11.3 Å². The fourth-order valence-electron chi connectivity index (χ4n) is 2.40. The molecule has 1 aromatic rings. The number of carbonyl (C=O) groups is 1. The summed E-state index contributed by atoms with van der Waals surface area (Å²) in [4.78, 5) is 13.5. The third-order valence-corrected chi connectivity index (χ3v) is 3.60. The molecule has 3 nitrogen and oxygen atoms in total. The first-order valence-corrected chi connectivity index (χ1v) is 6.34. The lowest BCUT2D eigenvalue weighted by Crippen LogP contribution is -2.37. The predicted octanol–water partition coefficient (Wildman–Crippen LogP) is 2.81. The Morgan fingerprint density at radius 2 is 2.28 bits per heavy atom. The molecule has 18 heavy (non-hydrogen) atoms. The van der Waals surface area contributed by atoms with Crippen LogP contribution < -0.4 is 0 Å². The molecule has 0 amide bonds. The van der Waals surface area contributed by atoms with Gasteiger partial charge < -0.3 is 5.11 Å². The third kappa shape index (κ3) is 2.74. The molecule has 0 aromatic heterocycles. The quantitative estimate of drug-likeness (QED) is 0.914. The van der Waals surface area contributed by atoms with E-state index in [1.807, 2.05) is 31.2 Å². The zero-order valence-electron chi connectivity index (χ0n) is 10.3. The van der Waals surface area contributed by atoms with Gasteiger partial charge in [0.15, 0.2) is 0 Å². The van der Waals surface area contributed by atoms with Crippen LogP contribution >= 0.6 is 11.6 Å². The van der Waals surface area contributed by atoms with Gasteiger partial charge in [0.05, 0.1) is 5.92 Å². The zero-order valence-corrected chi connectivity index (χ0v) is 11.0. The number of aliphatic carboxylic acids is 1. The fourth-order valence-corrected chi connectivity index (χ4v) is 2.47. The van der Waals surface area contributed by atoms with Crippen molar-refractivity contribution in [2.45, 2.75) is 19.4 Å². The molecular weight excluding hydrogens is 250 g/mol. The van der Waals surface area contributed by atoms with Gasteiger partial charge in [-0.15, -0.1) is 0 Å². The summed E-state index contributed by atoms with van der Waals surface area (Å²) in [6.45, 7) is 3.97. The Labute approximate surface area is 112 Å². The normalized spacial score (nSPS) is 20.6. The Morgan fingerprint density at radius 1 is 1.56 bits per heavy atom. The second kappa shape index (κ2) is 5.55. The van der Waals surface area contributed by atoms with E-state index in [4.69, 9.17) is 11.6 Å². The number of rotatable bonds is 3.